The van der Waals surface area contributed by atoms with Gasteiger partial charge in [0, 0.05) is 18.3 Å². The predicted octanol–water partition coefficient (Wildman–Crippen LogP) is 5.00. The monoisotopic (exact) mass is 424 g/mol. The average molecular weight is 425 g/mol. The Morgan fingerprint density at radius 3 is 2.16 bits per heavy atom. The Bertz CT molecular complexity index is 1060. The molecule has 4 heteroatoms. The molecule has 0 atom stereocenters. The third-order valence-electron chi connectivity index (χ3n) is 5.57. The van der Waals surface area contributed by atoms with Crippen molar-refractivity contribution in [2.24, 2.45) is 5.92 Å². The molecule has 3 aromatic carbocycles. The fourth-order valence-corrected chi connectivity index (χ4v) is 3.51. The van der Waals surface area contributed by atoms with Crippen molar-refractivity contribution >= 4 is 23.6 Å². The lowest BCUT2D eigenvalue weighted by molar-refractivity contribution is -0.120. The van der Waals surface area contributed by atoms with Gasteiger partial charge in [0.2, 0.25) is 5.91 Å². The zero-order valence-corrected chi connectivity index (χ0v) is 18.1. The Morgan fingerprint density at radius 2 is 1.50 bits per heavy atom. The van der Waals surface area contributed by atoms with Crippen molar-refractivity contribution in [3.05, 3.63) is 108 Å². The van der Waals surface area contributed by atoms with Crippen molar-refractivity contribution in [2.75, 3.05) is 11.4 Å². The Hall–Kier alpha value is -3.66. The van der Waals surface area contributed by atoms with Crippen LogP contribution in [0.1, 0.15) is 29.5 Å². The van der Waals surface area contributed by atoms with Gasteiger partial charge in [0.15, 0.2) is 0 Å². The van der Waals surface area contributed by atoms with Crippen LogP contribution in [-0.4, -0.2) is 18.4 Å². The first-order valence-corrected chi connectivity index (χ1v) is 11.1. The fraction of sp³-hybridized carbons (Fsp3) is 0.214. The van der Waals surface area contributed by atoms with E-state index in [9.17, 15) is 9.59 Å². The quantitative estimate of drug-likeness (QED) is 0.491. The maximum atomic E-state index is 13.1. The third-order valence-corrected chi connectivity index (χ3v) is 5.57. The van der Waals surface area contributed by atoms with E-state index in [2.05, 4.69) is 5.32 Å². The van der Waals surface area contributed by atoms with E-state index in [1.165, 1.54) is 12.8 Å². The van der Waals surface area contributed by atoms with Gasteiger partial charge in [-0.05, 0) is 53.7 Å². The smallest absolute Gasteiger partial charge is 0.251 e. The van der Waals surface area contributed by atoms with Crippen LogP contribution in [0.25, 0.3) is 6.08 Å². The number of rotatable bonds is 9. The fourth-order valence-electron chi connectivity index (χ4n) is 3.51. The summed E-state index contributed by atoms with van der Waals surface area (Å²) in [4.78, 5) is 27.0. The largest absolute Gasteiger partial charge is 0.356 e. The maximum absolute atomic E-state index is 13.1. The van der Waals surface area contributed by atoms with Crippen LogP contribution in [0.3, 0.4) is 0 Å². The number of hydrogen-bond donors (Lipinski definition) is 1. The normalized spacial score (nSPS) is 13.1. The molecule has 1 fully saturated rings. The molecular formula is C28H28N2O2. The highest BCUT2D eigenvalue weighted by atomic mass is 16.2. The summed E-state index contributed by atoms with van der Waals surface area (Å²) in [7, 11) is 0. The topological polar surface area (TPSA) is 49.4 Å². The first-order chi connectivity index (χ1) is 15.7. The van der Waals surface area contributed by atoms with Gasteiger partial charge in [-0.2, -0.15) is 0 Å². The second-order valence-electron chi connectivity index (χ2n) is 8.24. The lowest BCUT2D eigenvalue weighted by Crippen LogP contribution is -2.29. The first-order valence-electron chi connectivity index (χ1n) is 11.1. The summed E-state index contributed by atoms with van der Waals surface area (Å²) in [5, 5.41) is 3.00. The van der Waals surface area contributed by atoms with Crippen LogP contribution in [0.15, 0.2) is 91.0 Å². The van der Waals surface area contributed by atoms with E-state index in [1.807, 2.05) is 91.0 Å². The van der Waals surface area contributed by atoms with Crippen LogP contribution in [0.5, 0.6) is 0 Å². The number of hydrogen-bond acceptors (Lipinski definition) is 2. The molecule has 4 nitrogen and oxygen atoms in total. The zero-order chi connectivity index (χ0) is 22.2. The molecule has 32 heavy (non-hydrogen) atoms. The average Bonchev–Trinajstić information content (AvgIpc) is 3.66. The molecule has 0 spiro atoms. The molecule has 3 aromatic rings. The second-order valence-corrected chi connectivity index (χ2v) is 8.24. The van der Waals surface area contributed by atoms with E-state index in [-0.39, 0.29) is 11.8 Å². The van der Waals surface area contributed by atoms with Crippen LogP contribution < -0.4 is 10.2 Å². The molecule has 162 valence electrons. The molecule has 2 amide bonds. The van der Waals surface area contributed by atoms with Gasteiger partial charge in [0.05, 0.1) is 13.0 Å². The van der Waals surface area contributed by atoms with E-state index in [0.29, 0.717) is 18.9 Å². The lowest BCUT2D eigenvalue weighted by atomic mass is 10.1. The SMILES string of the molecule is O=C(Cc1ccc(N(Cc2ccccc2)C(=O)C=Cc2ccccc2)cc1)NCC1CC1. The molecular weight excluding hydrogens is 396 g/mol. The van der Waals surface area contributed by atoms with Crippen LogP contribution >= 0.6 is 0 Å². The molecule has 0 aliphatic heterocycles. The highest BCUT2D eigenvalue weighted by Gasteiger charge is 2.21. The van der Waals surface area contributed by atoms with E-state index in [4.69, 9.17) is 0 Å². The number of carbonyl (C=O) groups is 2. The molecule has 0 bridgehead atoms. The molecule has 0 saturated heterocycles. The van der Waals surface area contributed by atoms with Crippen molar-refractivity contribution in [3.63, 3.8) is 0 Å². The Labute approximate surface area is 189 Å². The van der Waals surface area contributed by atoms with Gasteiger partial charge in [0.25, 0.3) is 5.91 Å². The van der Waals surface area contributed by atoms with E-state index in [1.54, 1.807) is 11.0 Å². The van der Waals surface area contributed by atoms with Gasteiger partial charge in [-0.25, -0.2) is 0 Å². The summed E-state index contributed by atoms with van der Waals surface area (Å²) < 4.78 is 0. The molecule has 1 saturated carbocycles. The van der Waals surface area contributed by atoms with Crippen molar-refractivity contribution in [2.45, 2.75) is 25.8 Å². The van der Waals surface area contributed by atoms with Gasteiger partial charge in [0.1, 0.15) is 0 Å². The highest BCUT2D eigenvalue weighted by molar-refractivity contribution is 6.03. The standard InChI is InChI=1S/C28H28N2O2/c31-27(29-20-24-11-12-24)19-23-13-16-26(17-14-23)30(21-25-9-5-2-6-10-25)28(32)18-15-22-7-3-1-4-8-22/h1-10,13-18,24H,11-12,19-21H2,(H,29,31). The summed E-state index contributed by atoms with van der Waals surface area (Å²) in [5.74, 6) is 0.628. The van der Waals surface area contributed by atoms with Crippen molar-refractivity contribution in [1.29, 1.82) is 0 Å². The summed E-state index contributed by atoms with van der Waals surface area (Å²) in [6.45, 7) is 1.25. The number of nitrogens with one attached hydrogen (secondary N) is 1. The van der Waals surface area contributed by atoms with E-state index < -0.39 is 0 Å². The van der Waals surface area contributed by atoms with Crippen LogP contribution in [0.4, 0.5) is 5.69 Å². The number of anilines is 1. The Balaban J connectivity index is 1.47. The minimum atomic E-state index is -0.0902. The van der Waals surface area contributed by atoms with Gasteiger partial charge in [-0.1, -0.05) is 72.8 Å². The first kappa shape index (κ1) is 21.6. The highest BCUT2D eigenvalue weighted by Crippen LogP contribution is 2.27. The van der Waals surface area contributed by atoms with Gasteiger partial charge in [-0.15, -0.1) is 0 Å². The molecule has 1 aliphatic carbocycles. The van der Waals surface area contributed by atoms with Crippen molar-refractivity contribution in [3.8, 4) is 0 Å². The zero-order valence-electron chi connectivity index (χ0n) is 18.1. The second kappa shape index (κ2) is 10.6. The minimum absolute atomic E-state index is 0.0488. The van der Waals surface area contributed by atoms with E-state index >= 15 is 0 Å². The minimum Gasteiger partial charge on any atom is -0.356 e. The molecule has 0 aromatic heterocycles. The van der Waals surface area contributed by atoms with Crippen molar-refractivity contribution in [1.82, 2.24) is 5.32 Å². The van der Waals surface area contributed by atoms with Crippen molar-refractivity contribution < 1.29 is 9.59 Å². The van der Waals surface area contributed by atoms with Gasteiger partial charge >= 0.3 is 0 Å². The third kappa shape index (κ3) is 6.42. The molecule has 0 unspecified atom stereocenters. The predicted molar refractivity (Wildman–Crippen MR) is 129 cm³/mol. The molecule has 0 radical (unpaired) electrons. The van der Waals surface area contributed by atoms with E-state index in [0.717, 1.165) is 28.9 Å². The Kier molecular flexibility index (Phi) is 7.13. The van der Waals surface area contributed by atoms with Crippen LogP contribution in [-0.2, 0) is 22.6 Å². The maximum Gasteiger partial charge on any atom is 0.251 e. The summed E-state index contributed by atoms with van der Waals surface area (Å²) in [6, 6.07) is 27.4. The Morgan fingerprint density at radius 1 is 0.844 bits per heavy atom. The summed E-state index contributed by atoms with van der Waals surface area (Å²) >= 11 is 0. The molecule has 0 heterocycles. The molecule has 1 aliphatic rings. The van der Waals surface area contributed by atoms with Crippen LogP contribution in [0.2, 0.25) is 0 Å². The van der Waals surface area contributed by atoms with Crippen LogP contribution in [0, 0.1) is 5.92 Å². The number of carbonyl (C=O) groups excluding carboxylic acids is 2. The number of benzene rings is 3. The van der Waals surface area contributed by atoms with Gasteiger partial charge in [-0.3, -0.25) is 9.59 Å². The molecule has 4 rings (SSSR count). The summed E-state index contributed by atoms with van der Waals surface area (Å²) in [6.07, 6.45) is 6.24. The lowest BCUT2D eigenvalue weighted by Gasteiger charge is -2.22. The summed E-state index contributed by atoms with van der Waals surface area (Å²) in [5.41, 5.74) is 3.78. The number of nitrogens with zero attached hydrogens (tertiary/aromatic N) is 1. The van der Waals surface area contributed by atoms with Gasteiger partial charge < -0.3 is 10.2 Å². The number of amides is 2. The molecule has 1 N–H and O–H groups in total.